The number of methoxy groups -OCH3 is 1. The van der Waals surface area contributed by atoms with Gasteiger partial charge in [-0.05, 0) is 12.0 Å². The van der Waals surface area contributed by atoms with Gasteiger partial charge in [0.05, 0.1) is 7.11 Å². The van der Waals surface area contributed by atoms with Crippen LogP contribution in [0.1, 0.15) is 5.56 Å². The van der Waals surface area contributed by atoms with Crippen molar-refractivity contribution in [3.05, 3.63) is 35.9 Å². The standard InChI is InChI=1S/C13H16N2O3/c1-18-13(17)10(15-8-11(15)12(14)16)7-9-5-3-2-4-6-9/h2-6,10-11H,7-8H2,1H3,(H2,14,16)/t10-,11+,15?/m1/s1. The summed E-state index contributed by atoms with van der Waals surface area (Å²) in [5.74, 6) is -0.723. The maximum absolute atomic E-state index is 11.7. The van der Waals surface area contributed by atoms with E-state index in [-0.39, 0.29) is 12.0 Å². The van der Waals surface area contributed by atoms with E-state index in [0.29, 0.717) is 13.0 Å². The van der Waals surface area contributed by atoms with Crippen molar-refractivity contribution >= 4 is 11.9 Å². The molecular formula is C13H16N2O3. The van der Waals surface area contributed by atoms with Crippen LogP contribution in [0, 0.1) is 0 Å². The van der Waals surface area contributed by atoms with E-state index in [1.165, 1.54) is 7.11 Å². The fourth-order valence-corrected chi connectivity index (χ4v) is 2.06. The summed E-state index contributed by atoms with van der Waals surface area (Å²) >= 11 is 0. The second kappa shape index (κ2) is 5.18. The number of primary amides is 1. The number of hydrogen-bond acceptors (Lipinski definition) is 4. The molecule has 0 aliphatic carbocycles. The van der Waals surface area contributed by atoms with E-state index in [0.717, 1.165) is 5.56 Å². The minimum Gasteiger partial charge on any atom is -0.468 e. The zero-order valence-corrected chi connectivity index (χ0v) is 10.2. The van der Waals surface area contributed by atoms with Crippen LogP contribution >= 0.6 is 0 Å². The van der Waals surface area contributed by atoms with Gasteiger partial charge in [-0.3, -0.25) is 14.5 Å². The first kappa shape index (κ1) is 12.6. The van der Waals surface area contributed by atoms with Gasteiger partial charge >= 0.3 is 5.97 Å². The van der Waals surface area contributed by atoms with E-state index in [1.807, 2.05) is 30.3 Å². The molecular weight excluding hydrogens is 232 g/mol. The van der Waals surface area contributed by atoms with Crippen LogP contribution in [0.4, 0.5) is 0 Å². The van der Waals surface area contributed by atoms with Crippen LogP contribution in [0.25, 0.3) is 0 Å². The van der Waals surface area contributed by atoms with Crippen molar-refractivity contribution in [3.63, 3.8) is 0 Å². The number of benzene rings is 1. The minimum atomic E-state index is -0.435. The fraction of sp³-hybridized carbons (Fsp3) is 0.385. The van der Waals surface area contributed by atoms with Crippen LogP contribution in [0.2, 0.25) is 0 Å². The van der Waals surface area contributed by atoms with E-state index in [1.54, 1.807) is 4.90 Å². The number of rotatable bonds is 5. The summed E-state index contributed by atoms with van der Waals surface area (Å²) in [6.07, 6.45) is 0.525. The highest BCUT2D eigenvalue weighted by Crippen LogP contribution is 2.24. The Hall–Kier alpha value is -1.88. The van der Waals surface area contributed by atoms with E-state index < -0.39 is 11.9 Å². The third kappa shape index (κ3) is 2.68. The zero-order chi connectivity index (χ0) is 13.1. The molecule has 1 heterocycles. The number of ether oxygens (including phenoxy) is 1. The third-order valence-electron chi connectivity index (χ3n) is 3.12. The molecule has 5 nitrogen and oxygen atoms in total. The molecule has 1 fully saturated rings. The third-order valence-corrected chi connectivity index (χ3v) is 3.12. The molecule has 18 heavy (non-hydrogen) atoms. The van der Waals surface area contributed by atoms with Crippen LogP contribution < -0.4 is 5.73 Å². The predicted octanol–water partition coefficient (Wildman–Crippen LogP) is -0.0598. The van der Waals surface area contributed by atoms with Gasteiger partial charge in [0.1, 0.15) is 12.1 Å². The van der Waals surface area contributed by atoms with Crippen molar-refractivity contribution < 1.29 is 14.3 Å². The molecule has 1 unspecified atom stereocenters. The number of esters is 1. The highest BCUT2D eigenvalue weighted by atomic mass is 16.5. The average Bonchev–Trinajstić information content (AvgIpc) is 3.16. The van der Waals surface area contributed by atoms with E-state index in [2.05, 4.69) is 0 Å². The SMILES string of the molecule is COC(=O)[C@@H](Cc1ccccc1)N1C[C@H]1C(N)=O. The lowest BCUT2D eigenvalue weighted by Gasteiger charge is -2.16. The molecule has 0 aromatic heterocycles. The highest BCUT2D eigenvalue weighted by Gasteiger charge is 2.46. The van der Waals surface area contributed by atoms with E-state index in [4.69, 9.17) is 10.5 Å². The van der Waals surface area contributed by atoms with Crippen molar-refractivity contribution in [1.82, 2.24) is 4.90 Å². The predicted molar refractivity (Wildman–Crippen MR) is 65.6 cm³/mol. The van der Waals surface area contributed by atoms with E-state index in [9.17, 15) is 9.59 Å². The van der Waals surface area contributed by atoms with Crippen LogP contribution in [-0.2, 0) is 20.7 Å². The van der Waals surface area contributed by atoms with Gasteiger partial charge in [0, 0.05) is 6.54 Å². The Morgan fingerprint density at radius 3 is 2.61 bits per heavy atom. The lowest BCUT2D eigenvalue weighted by atomic mass is 10.1. The smallest absolute Gasteiger partial charge is 0.323 e. The molecule has 96 valence electrons. The summed E-state index contributed by atoms with van der Waals surface area (Å²) in [6.45, 7) is 0.530. The van der Waals surface area contributed by atoms with Crippen LogP contribution in [0.3, 0.4) is 0 Å². The number of nitrogens with two attached hydrogens (primary N) is 1. The molecule has 2 N–H and O–H groups in total. The molecule has 3 atom stereocenters. The molecule has 1 aromatic carbocycles. The van der Waals surface area contributed by atoms with Crippen LogP contribution in [0.15, 0.2) is 30.3 Å². The molecule has 1 amide bonds. The van der Waals surface area contributed by atoms with Crippen molar-refractivity contribution in [3.8, 4) is 0 Å². The van der Waals surface area contributed by atoms with Gasteiger partial charge in [-0.25, -0.2) is 0 Å². The van der Waals surface area contributed by atoms with Crippen molar-refractivity contribution in [2.75, 3.05) is 13.7 Å². The van der Waals surface area contributed by atoms with Crippen molar-refractivity contribution in [1.29, 1.82) is 0 Å². The second-order valence-electron chi connectivity index (χ2n) is 4.34. The summed E-state index contributed by atoms with van der Waals surface area (Å²) in [5.41, 5.74) is 6.26. The molecule has 1 saturated heterocycles. The molecule has 0 bridgehead atoms. The molecule has 1 aliphatic heterocycles. The van der Waals surface area contributed by atoms with Gasteiger partial charge in [-0.2, -0.15) is 0 Å². The number of nitrogens with zero attached hydrogens (tertiary/aromatic N) is 1. The van der Waals surface area contributed by atoms with Crippen LogP contribution in [-0.4, -0.2) is 42.5 Å². The second-order valence-corrected chi connectivity index (χ2v) is 4.34. The molecule has 1 aliphatic rings. The molecule has 1 aromatic rings. The first-order valence-electron chi connectivity index (χ1n) is 5.80. The molecule has 5 heteroatoms. The molecule has 2 rings (SSSR count). The topological polar surface area (TPSA) is 72.4 Å². The Bertz CT molecular complexity index is 447. The fourth-order valence-electron chi connectivity index (χ4n) is 2.06. The monoisotopic (exact) mass is 248 g/mol. The summed E-state index contributed by atoms with van der Waals surface area (Å²) in [7, 11) is 1.35. The highest BCUT2D eigenvalue weighted by molar-refractivity contribution is 5.85. The van der Waals surface area contributed by atoms with Crippen LogP contribution in [0.5, 0.6) is 0 Å². The van der Waals surface area contributed by atoms with Gasteiger partial charge in [0.25, 0.3) is 0 Å². The Morgan fingerprint density at radius 2 is 2.11 bits per heavy atom. The zero-order valence-electron chi connectivity index (χ0n) is 10.2. The molecule has 0 saturated carbocycles. The van der Waals surface area contributed by atoms with Gasteiger partial charge in [0.15, 0.2) is 0 Å². The van der Waals surface area contributed by atoms with Crippen molar-refractivity contribution in [2.24, 2.45) is 5.73 Å². The number of hydrogen-bond donors (Lipinski definition) is 1. The van der Waals surface area contributed by atoms with Gasteiger partial charge in [-0.15, -0.1) is 0 Å². The Labute approximate surface area is 106 Å². The average molecular weight is 248 g/mol. The summed E-state index contributed by atoms with van der Waals surface area (Å²) in [6, 6.07) is 8.86. The number of carbonyl (C=O) groups excluding carboxylic acids is 2. The summed E-state index contributed by atoms with van der Waals surface area (Å²) in [5, 5.41) is 0. The van der Waals surface area contributed by atoms with E-state index >= 15 is 0 Å². The van der Waals surface area contributed by atoms with Gasteiger partial charge < -0.3 is 10.5 Å². The molecule has 0 spiro atoms. The maximum Gasteiger partial charge on any atom is 0.323 e. The maximum atomic E-state index is 11.7. The molecule has 0 radical (unpaired) electrons. The Balaban J connectivity index is 2.08. The Kier molecular flexibility index (Phi) is 3.62. The largest absolute Gasteiger partial charge is 0.468 e. The lowest BCUT2D eigenvalue weighted by Crippen LogP contribution is -2.36. The summed E-state index contributed by atoms with van der Waals surface area (Å²) in [4.78, 5) is 24.6. The van der Waals surface area contributed by atoms with Gasteiger partial charge in [0.2, 0.25) is 5.91 Å². The van der Waals surface area contributed by atoms with Gasteiger partial charge in [-0.1, -0.05) is 30.3 Å². The lowest BCUT2D eigenvalue weighted by molar-refractivity contribution is -0.145. The summed E-state index contributed by atoms with van der Waals surface area (Å²) < 4.78 is 4.78. The Morgan fingerprint density at radius 1 is 1.44 bits per heavy atom. The minimum absolute atomic E-state index is 0.331. The quantitative estimate of drug-likeness (QED) is 0.585. The first-order valence-corrected chi connectivity index (χ1v) is 5.80. The van der Waals surface area contributed by atoms with Crippen molar-refractivity contribution in [2.45, 2.75) is 18.5 Å². The first-order chi connectivity index (χ1) is 8.63. The normalized spacial score (nSPS) is 23.2. The number of amides is 1. The number of carbonyl (C=O) groups is 2.